The quantitative estimate of drug-likeness (QED) is 0.845. The molecule has 2 aromatic rings. The Kier molecular flexibility index (Phi) is 4.18. The van der Waals surface area contributed by atoms with E-state index in [4.69, 9.17) is 0 Å². The third-order valence-corrected chi connectivity index (χ3v) is 3.67. The molecule has 0 bridgehead atoms. The van der Waals surface area contributed by atoms with Gasteiger partial charge in [-0.2, -0.15) is 0 Å². The summed E-state index contributed by atoms with van der Waals surface area (Å²) in [5.41, 5.74) is 1.60. The first-order chi connectivity index (χ1) is 11.1. The van der Waals surface area contributed by atoms with Crippen LogP contribution in [0.15, 0.2) is 43.0 Å². The molecule has 1 saturated heterocycles. The molecule has 0 saturated carbocycles. The van der Waals surface area contributed by atoms with Gasteiger partial charge < -0.3 is 9.88 Å². The molecule has 23 heavy (non-hydrogen) atoms. The van der Waals surface area contributed by atoms with Crippen LogP contribution >= 0.6 is 0 Å². The van der Waals surface area contributed by atoms with Crippen molar-refractivity contribution in [1.82, 2.24) is 14.5 Å². The van der Waals surface area contributed by atoms with Gasteiger partial charge in [-0.25, -0.2) is 4.98 Å². The maximum Gasteiger partial charge on any atom is 0.229 e. The Hall–Kier alpha value is -2.96. The second-order valence-electron chi connectivity index (χ2n) is 5.25. The molecular weight excluding hydrogens is 296 g/mol. The number of anilines is 1. The molecule has 0 radical (unpaired) electrons. The third kappa shape index (κ3) is 3.45. The van der Waals surface area contributed by atoms with E-state index in [2.05, 4.69) is 10.3 Å². The molecular formula is C16H16N4O3. The highest BCUT2D eigenvalue weighted by Crippen LogP contribution is 2.14. The van der Waals surface area contributed by atoms with Gasteiger partial charge in [-0.3, -0.25) is 19.3 Å². The van der Waals surface area contributed by atoms with Crippen molar-refractivity contribution in [2.45, 2.75) is 19.3 Å². The van der Waals surface area contributed by atoms with Gasteiger partial charge in [0.15, 0.2) is 0 Å². The normalized spacial score (nSPS) is 14.3. The van der Waals surface area contributed by atoms with E-state index in [1.165, 1.54) is 0 Å². The number of benzene rings is 1. The van der Waals surface area contributed by atoms with Crippen molar-refractivity contribution in [3.05, 3.63) is 43.0 Å². The summed E-state index contributed by atoms with van der Waals surface area (Å²) in [6.07, 6.45) is 5.80. The van der Waals surface area contributed by atoms with Crippen LogP contribution in [0.2, 0.25) is 0 Å². The molecule has 0 atom stereocenters. The molecule has 3 rings (SSSR count). The van der Waals surface area contributed by atoms with Crippen LogP contribution in [-0.2, 0) is 14.4 Å². The molecule has 0 unspecified atom stereocenters. The summed E-state index contributed by atoms with van der Waals surface area (Å²) in [7, 11) is 0. The summed E-state index contributed by atoms with van der Waals surface area (Å²) in [4.78, 5) is 40.0. The Morgan fingerprint density at radius 3 is 2.43 bits per heavy atom. The fourth-order valence-corrected chi connectivity index (χ4v) is 2.44. The maximum atomic E-state index is 11.9. The first-order valence-corrected chi connectivity index (χ1v) is 7.35. The topological polar surface area (TPSA) is 84.3 Å². The van der Waals surface area contributed by atoms with Crippen molar-refractivity contribution in [3.63, 3.8) is 0 Å². The number of imidazole rings is 1. The highest BCUT2D eigenvalue weighted by Gasteiger charge is 2.28. The first-order valence-electron chi connectivity index (χ1n) is 7.35. The molecule has 1 fully saturated rings. The van der Waals surface area contributed by atoms with Crippen molar-refractivity contribution >= 4 is 23.4 Å². The van der Waals surface area contributed by atoms with E-state index in [0.717, 1.165) is 10.6 Å². The number of hydrogen-bond acceptors (Lipinski definition) is 4. The average Bonchev–Trinajstić information content (AvgIpc) is 3.17. The lowest BCUT2D eigenvalue weighted by Crippen LogP contribution is -2.32. The van der Waals surface area contributed by atoms with Crippen molar-refractivity contribution in [3.8, 4) is 5.69 Å². The Morgan fingerprint density at radius 2 is 1.83 bits per heavy atom. The van der Waals surface area contributed by atoms with Gasteiger partial charge in [0.25, 0.3) is 0 Å². The lowest BCUT2D eigenvalue weighted by atomic mass is 10.2. The molecule has 118 valence electrons. The minimum atomic E-state index is -0.229. The monoisotopic (exact) mass is 312 g/mol. The predicted molar refractivity (Wildman–Crippen MR) is 82.8 cm³/mol. The smallest absolute Gasteiger partial charge is 0.229 e. The van der Waals surface area contributed by atoms with E-state index < -0.39 is 0 Å². The molecule has 1 aromatic carbocycles. The molecule has 0 spiro atoms. The van der Waals surface area contributed by atoms with Gasteiger partial charge in [-0.05, 0) is 24.3 Å². The van der Waals surface area contributed by atoms with Crippen LogP contribution in [0.3, 0.4) is 0 Å². The van der Waals surface area contributed by atoms with Crippen LogP contribution in [0.25, 0.3) is 5.69 Å². The van der Waals surface area contributed by atoms with Crippen LogP contribution < -0.4 is 5.32 Å². The Balaban J connectivity index is 1.54. The van der Waals surface area contributed by atoms with Crippen molar-refractivity contribution in [1.29, 1.82) is 0 Å². The number of imide groups is 1. The van der Waals surface area contributed by atoms with Crippen LogP contribution in [0.4, 0.5) is 5.69 Å². The lowest BCUT2D eigenvalue weighted by molar-refractivity contribution is -0.138. The molecule has 7 nitrogen and oxygen atoms in total. The molecule has 3 amide bonds. The van der Waals surface area contributed by atoms with Crippen molar-refractivity contribution in [2.75, 3.05) is 11.9 Å². The van der Waals surface area contributed by atoms with Gasteiger partial charge in [-0.1, -0.05) is 0 Å². The standard InChI is InChI=1S/C16H16N4O3/c21-14(7-9-20-15(22)5-6-16(20)23)18-12-1-3-13(4-2-12)19-10-8-17-11-19/h1-4,8,10-11H,5-7,9H2,(H,18,21). The fourth-order valence-electron chi connectivity index (χ4n) is 2.44. The number of nitrogens with one attached hydrogen (secondary N) is 1. The first kappa shape index (κ1) is 15.0. The van der Waals surface area contributed by atoms with Crippen LogP contribution in [0.5, 0.6) is 0 Å². The molecule has 2 heterocycles. The lowest BCUT2D eigenvalue weighted by Gasteiger charge is -2.13. The summed E-state index contributed by atoms with van der Waals surface area (Å²) in [5, 5.41) is 2.75. The number of carbonyl (C=O) groups is 3. The minimum absolute atomic E-state index is 0.0980. The van der Waals surface area contributed by atoms with Gasteiger partial charge in [0.05, 0.1) is 6.33 Å². The number of hydrogen-bond donors (Lipinski definition) is 1. The highest BCUT2D eigenvalue weighted by molar-refractivity contribution is 6.02. The number of rotatable bonds is 5. The Morgan fingerprint density at radius 1 is 1.13 bits per heavy atom. The summed E-state index contributed by atoms with van der Waals surface area (Å²) >= 11 is 0. The van der Waals surface area contributed by atoms with Crippen molar-refractivity contribution < 1.29 is 14.4 Å². The average molecular weight is 312 g/mol. The second-order valence-corrected chi connectivity index (χ2v) is 5.25. The minimum Gasteiger partial charge on any atom is -0.326 e. The van der Waals surface area contributed by atoms with Crippen LogP contribution in [0.1, 0.15) is 19.3 Å². The van der Waals surface area contributed by atoms with E-state index in [1.807, 2.05) is 22.9 Å². The number of amides is 3. The zero-order valence-electron chi connectivity index (χ0n) is 12.4. The summed E-state index contributed by atoms with van der Waals surface area (Å²) in [6.45, 7) is 0.136. The zero-order chi connectivity index (χ0) is 16.2. The largest absolute Gasteiger partial charge is 0.326 e. The SMILES string of the molecule is O=C(CCN1C(=O)CCC1=O)Nc1ccc(-n2ccnc2)cc1. The maximum absolute atomic E-state index is 11.9. The summed E-state index contributed by atoms with van der Waals surface area (Å²) in [5.74, 6) is -0.632. The van der Waals surface area contributed by atoms with Gasteiger partial charge in [-0.15, -0.1) is 0 Å². The number of aromatic nitrogens is 2. The fraction of sp³-hybridized carbons (Fsp3) is 0.250. The van der Waals surface area contributed by atoms with Gasteiger partial charge >= 0.3 is 0 Å². The van der Waals surface area contributed by atoms with Crippen molar-refractivity contribution in [2.24, 2.45) is 0 Å². The van der Waals surface area contributed by atoms with E-state index >= 15 is 0 Å². The zero-order valence-corrected chi connectivity index (χ0v) is 12.4. The molecule has 1 aromatic heterocycles. The van der Waals surface area contributed by atoms with Crippen LogP contribution in [0, 0.1) is 0 Å². The van der Waals surface area contributed by atoms with E-state index in [0.29, 0.717) is 5.69 Å². The molecule has 1 aliphatic heterocycles. The molecule has 7 heteroatoms. The Labute approximate surface area is 132 Å². The Bertz CT molecular complexity index is 706. The molecule has 1 N–H and O–H groups in total. The molecule has 0 aliphatic carbocycles. The summed E-state index contributed by atoms with van der Waals surface area (Å²) in [6, 6.07) is 7.31. The predicted octanol–water partition coefficient (Wildman–Crippen LogP) is 1.35. The van der Waals surface area contributed by atoms with Crippen LogP contribution in [-0.4, -0.2) is 38.7 Å². The number of likely N-dealkylation sites (tertiary alicyclic amines) is 1. The third-order valence-electron chi connectivity index (χ3n) is 3.67. The van der Waals surface area contributed by atoms with Gasteiger partial charge in [0, 0.05) is 49.6 Å². The number of nitrogens with zero attached hydrogens (tertiary/aromatic N) is 3. The van der Waals surface area contributed by atoms with E-state index in [-0.39, 0.29) is 43.5 Å². The number of carbonyl (C=O) groups excluding carboxylic acids is 3. The van der Waals surface area contributed by atoms with E-state index in [1.54, 1.807) is 24.7 Å². The summed E-state index contributed by atoms with van der Waals surface area (Å²) < 4.78 is 1.86. The molecule has 1 aliphatic rings. The second kappa shape index (κ2) is 6.43. The van der Waals surface area contributed by atoms with Gasteiger partial charge in [0.1, 0.15) is 0 Å². The highest BCUT2D eigenvalue weighted by atomic mass is 16.2. The van der Waals surface area contributed by atoms with Gasteiger partial charge in [0.2, 0.25) is 17.7 Å². The van der Waals surface area contributed by atoms with E-state index in [9.17, 15) is 14.4 Å².